The molecule has 3 aromatic heterocycles. The fourth-order valence-corrected chi connectivity index (χ4v) is 5.14. The molecule has 1 aliphatic carbocycles. The monoisotopic (exact) mass is 490 g/mol. The summed E-state index contributed by atoms with van der Waals surface area (Å²) in [6.07, 6.45) is 9.53. The van der Waals surface area contributed by atoms with Gasteiger partial charge < -0.3 is 14.8 Å². The van der Waals surface area contributed by atoms with E-state index in [1.54, 1.807) is 32.8 Å². The van der Waals surface area contributed by atoms with Crippen molar-refractivity contribution in [3.63, 3.8) is 0 Å². The van der Waals surface area contributed by atoms with Gasteiger partial charge >= 0.3 is 0 Å². The maximum Gasteiger partial charge on any atom is 0.179 e. The fourth-order valence-electron chi connectivity index (χ4n) is 5.14. The highest BCUT2D eigenvalue weighted by molar-refractivity contribution is 5.94. The first-order valence-electron chi connectivity index (χ1n) is 11.8. The predicted octanol–water partition coefficient (Wildman–Crippen LogP) is 4.71. The lowest BCUT2D eigenvalue weighted by molar-refractivity contribution is 0.413. The highest BCUT2D eigenvalue weighted by atomic mass is 16.5. The number of benzene rings is 2. The second kappa shape index (κ2) is 8.09. The van der Waals surface area contributed by atoms with Crippen molar-refractivity contribution in [2.45, 2.75) is 17.8 Å². The van der Waals surface area contributed by atoms with Gasteiger partial charge in [-0.1, -0.05) is 6.07 Å². The van der Waals surface area contributed by atoms with Crippen LogP contribution in [0.15, 0.2) is 66.3 Å². The molecule has 2 aromatic carbocycles. The summed E-state index contributed by atoms with van der Waals surface area (Å²) in [7, 11) is 3.27. The molecule has 2 N–H and O–H groups in total. The summed E-state index contributed by atoms with van der Waals surface area (Å²) in [5, 5.41) is 11.9. The van der Waals surface area contributed by atoms with E-state index in [0.717, 1.165) is 28.8 Å². The summed E-state index contributed by atoms with van der Waals surface area (Å²) in [4.78, 5) is 21.8. The van der Waals surface area contributed by atoms with E-state index in [-0.39, 0.29) is 5.41 Å². The number of methoxy groups -OCH3 is 2. The highest BCUT2D eigenvalue weighted by Crippen LogP contribution is 2.64. The Morgan fingerprint density at radius 3 is 2.73 bits per heavy atom. The van der Waals surface area contributed by atoms with Crippen LogP contribution < -0.4 is 14.8 Å². The SMILES string of the molecule is COc1ccc2c(c1)[C@@]1(C=N2)C[C@H]1c1ccc2c(Nc3nc(-c4cncnc4)ncc3OC)n[nH]c2c1. The lowest BCUT2D eigenvalue weighted by Crippen LogP contribution is -2.07. The summed E-state index contributed by atoms with van der Waals surface area (Å²) >= 11 is 0. The molecule has 37 heavy (non-hydrogen) atoms. The number of hydrogen-bond donors (Lipinski definition) is 2. The summed E-state index contributed by atoms with van der Waals surface area (Å²) in [5.41, 5.74) is 5.09. The summed E-state index contributed by atoms with van der Waals surface area (Å²) in [6.45, 7) is 0. The van der Waals surface area contributed by atoms with Crippen LogP contribution in [0.2, 0.25) is 0 Å². The van der Waals surface area contributed by atoms with E-state index >= 15 is 0 Å². The molecular formula is C27H22N8O2. The van der Waals surface area contributed by atoms with Crippen LogP contribution >= 0.6 is 0 Å². The van der Waals surface area contributed by atoms with Crippen molar-refractivity contribution in [2.75, 3.05) is 19.5 Å². The molecule has 0 radical (unpaired) electrons. The Bertz CT molecular complexity index is 1680. The van der Waals surface area contributed by atoms with E-state index < -0.39 is 0 Å². The number of rotatable bonds is 6. The Kier molecular flexibility index (Phi) is 4.68. The first-order chi connectivity index (χ1) is 18.2. The van der Waals surface area contributed by atoms with Gasteiger partial charge in [0.15, 0.2) is 23.2 Å². The van der Waals surface area contributed by atoms with E-state index in [1.807, 2.05) is 12.1 Å². The maximum absolute atomic E-state index is 5.48. The Labute approximate surface area is 211 Å². The second-order valence-electron chi connectivity index (χ2n) is 9.18. The van der Waals surface area contributed by atoms with Gasteiger partial charge in [0.1, 0.15) is 12.1 Å². The lowest BCUT2D eigenvalue weighted by Gasteiger charge is -2.11. The quantitative estimate of drug-likeness (QED) is 0.351. The number of fused-ring (bicyclic) bond motifs is 3. The summed E-state index contributed by atoms with van der Waals surface area (Å²) in [6, 6.07) is 12.5. The van der Waals surface area contributed by atoms with E-state index in [0.29, 0.717) is 34.7 Å². The molecule has 7 rings (SSSR count). The zero-order valence-electron chi connectivity index (χ0n) is 20.1. The minimum atomic E-state index is -0.0650. The van der Waals surface area contributed by atoms with Crippen LogP contribution in [0.5, 0.6) is 11.5 Å². The van der Waals surface area contributed by atoms with Crippen LogP contribution in [-0.2, 0) is 5.41 Å². The number of H-pyrrole nitrogens is 1. The van der Waals surface area contributed by atoms with Crippen molar-refractivity contribution in [2.24, 2.45) is 4.99 Å². The van der Waals surface area contributed by atoms with Crippen LogP contribution in [0, 0.1) is 0 Å². The van der Waals surface area contributed by atoms with E-state index in [2.05, 4.69) is 70.9 Å². The van der Waals surface area contributed by atoms with Gasteiger partial charge in [0.05, 0.1) is 37.2 Å². The van der Waals surface area contributed by atoms with Crippen LogP contribution in [0.3, 0.4) is 0 Å². The molecule has 0 bridgehead atoms. The standard InChI is InChI=1S/C27H22N8O2/c1-36-17-4-6-21-19(8-17)27(13-31-21)9-20(27)15-3-5-18-22(7-15)34-35-25(18)33-26-23(37-2)12-30-24(32-26)16-10-28-14-29-11-16/h3-8,10-14,20H,9H2,1-2H3,(H2,30,32,33,34,35)/t20-,27-/m0/s1. The van der Waals surface area contributed by atoms with Gasteiger partial charge in [-0.25, -0.2) is 19.9 Å². The third kappa shape index (κ3) is 3.40. The number of aliphatic imine (C=N–C) groups is 1. The Balaban J connectivity index is 1.19. The number of aromatic nitrogens is 6. The molecule has 182 valence electrons. The largest absolute Gasteiger partial charge is 0.497 e. The molecule has 2 atom stereocenters. The lowest BCUT2D eigenvalue weighted by atomic mass is 9.92. The number of hydrogen-bond acceptors (Lipinski definition) is 9. The Hall–Kier alpha value is -4.86. The number of nitrogens with one attached hydrogen (secondary N) is 2. The smallest absolute Gasteiger partial charge is 0.179 e. The molecule has 10 nitrogen and oxygen atoms in total. The normalized spacial score (nSPS) is 19.2. The molecule has 10 heteroatoms. The van der Waals surface area contributed by atoms with Gasteiger partial charge in [-0.05, 0) is 53.8 Å². The number of nitrogens with zero attached hydrogens (tertiary/aromatic N) is 6. The zero-order chi connectivity index (χ0) is 25.0. The van der Waals surface area contributed by atoms with E-state index in [4.69, 9.17) is 9.47 Å². The highest BCUT2D eigenvalue weighted by Gasteiger charge is 2.58. The van der Waals surface area contributed by atoms with Gasteiger partial charge in [-0.15, -0.1) is 0 Å². The molecule has 2 aliphatic rings. The third-order valence-corrected chi connectivity index (χ3v) is 7.16. The fraction of sp³-hybridized carbons (Fsp3) is 0.185. The molecule has 5 aromatic rings. The van der Waals surface area contributed by atoms with Crippen molar-refractivity contribution in [3.05, 3.63) is 72.4 Å². The summed E-state index contributed by atoms with van der Waals surface area (Å²) in [5.74, 6) is 3.35. The van der Waals surface area contributed by atoms with Crippen LogP contribution in [0.4, 0.5) is 17.3 Å². The first-order valence-corrected chi connectivity index (χ1v) is 11.8. The molecule has 4 heterocycles. The second-order valence-corrected chi connectivity index (χ2v) is 9.18. The third-order valence-electron chi connectivity index (χ3n) is 7.16. The van der Waals surface area contributed by atoms with Gasteiger partial charge in [0, 0.05) is 29.4 Å². The molecule has 0 saturated heterocycles. The maximum atomic E-state index is 5.48. The van der Waals surface area contributed by atoms with Crippen LogP contribution in [0.25, 0.3) is 22.3 Å². The molecule has 0 unspecified atom stereocenters. The molecule has 1 spiro atoms. The van der Waals surface area contributed by atoms with Gasteiger partial charge in [-0.3, -0.25) is 10.1 Å². The molecule has 1 fully saturated rings. The molecule has 1 saturated carbocycles. The van der Waals surface area contributed by atoms with E-state index in [1.165, 1.54) is 17.5 Å². The van der Waals surface area contributed by atoms with Crippen LogP contribution in [0.1, 0.15) is 23.5 Å². The van der Waals surface area contributed by atoms with Gasteiger partial charge in [-0.2, -0.15) is 5.10 Å². The predicted molar refractivity (Wildman–Crippen MR) is 139 cm³/mol. The molecular weight excluding hydrogens is 468 g/mol. The van der Waals surface area contributed by atoms with Gasteiger partial charge in [0.2, 0.25) is 0 Å². The first kappa shape index (κ1) is 21.4. The van der Waals surface area contributed by atoms with Gasteiger partial charge in [0.25, 0.3) is 0 Å². The molecule has 0 amide bonds. The average Bonchev–Trinajstić information content (AvgIpc) is 3.39. The topological polar surface area (TPSA) is 123 Å². The van der Waals surface area contributed by atoms with Crippen molar-refractivity contribution in [3.8, 4) is 22.9 Å². The van der Waals surface area contributed by atoms with Crippen molar-refractivity contribution in [1.29, 1.82) is 0 Å². The van der Waals surface area contributed by atoms with Crippen LogP contribution in [-0.4, -0.2) is 50.6 Å². The van der Waals surface area contributed by atoms with Crippen molar-refractivity contribution < 1.29 is 9.47 Å². The number of anilines is 2. The Morgan fingerprint density at radius 1 is 1.00 bits per heavy atom. The van der Waals surface area contributed by atoms with E-state index in [9.17, 15) is 0 Å². The minimum Gasteiger partial charge on any atom is -0.497 e. The summed E-state index contributed by atoms with van der Waals surface area (Å²) < 4.78 is 10.9. The zero-order valence-corrected chi connectivity index (χ0v) is 20.1. The van der Waals surface area contributed by atoms with Crippen molar-refractivity contribution in [1.82, 2.24) is 30.1 Å². The Morgan fingerprint density at radius 2 is 1.89 bits per heavy atom. The molecule has 1 aliphatic heterocycles. The minimum absolute atomic E-state index is 0.0650. The number of ether oxygens (including phenoxy) is 2. The average molecular weight is 491 g/mol. The number of aromatic amines is 1. The van der Waals surface area contributed by atoms with Crippen molar-refractivity contribution >= 4 is 34.4 Å².